The van der Waals surface area contributed by atoms with Gasteiger partial charge in [0.15, 0.2) is 0 Å². The van der Waals surface area contributed by atoms with Gasteiger partial charge in [-0.1, -0.05) is 0 Å². The molecule has 0 unspecified atom stereocenters. The molecule has 1 aromatic rings. The van der Waals surface area contributed by atoms with Crippen LogP contribution in [0.25, 0.3) is 0 Å². The first-order valence-electron chi connectivity index (χ1n) is 10.0. The Hall–Kier alpha value is -2.11. The normalized spacial score (nSPS) is 32.2. The molecule has 4 aliphatic carbocycles. The summed E-state index contributed by atoms with van der Waals surface area (Å²) in [6.07, 6.45) is 7.77. The van der Waals surface area contributed by atoms with Crippen molar-refractivity contribution in [2.75, 3.05) is 19.0 Å². The molecule has 0 heterocycles. The number of non-ortho nitro benzene ring substituents is 1. The average Bonchev–Trinajstić information content (AvgIpc) is 2.59. The molecule has 27 heavy (non-hydrogen) atoms. The summed E-state index contributed by atoms with van der Waals surface area (Å²) in [5, 5.41) is 14.4. The van der Waals surface area contributed by atoms with Crippen LogP contribution in [0.15, 0.2) is 18.2 Å². The highest BCUT2D eigenvalue weighted by Crippen LogP contribution is 2.61. The fourth-order valence-electron chi connectivity index (χ4n) is 6.34. The molecule has 0 radical (unpaired) electrons. The zero-order valence-electron chi connectivity index (χ0n) is 16.4. The summed E-state index contributed by atoms with van der Waals surface area (Å²) in [5.74, 6) is 2.27. The van der Waals surface area contributed by atoms with Crippen molar-refractivity contribution >= 4 is 17.3 Å². The summed E-state index contributed by atoms with van der Waals surface area (Å²) in [4.78, 5) is 25.6. The molecule has 4 saturated carbocycles. The number of carbonyl (C=O) groups excluding carboxylic acids is 1. The van der Waals surface area contributed by atoms with Crippen molar-refractivity contribution < 1.29 is 9.72 Å². The van der Waals surface area contributed by atoms with Crippen LogP contribution in [-0.2, 0) is 0 Å². The number of carbonyl (C=O) groups is 1. The first-order valence-corrected chi connectivity index (χ1v) is 10.0. The Kier molecular flexibility index (Phi) is 4.40. The minimum absolute atomic E-state index is 0.0480. The molecule has 4 aliphatic rings. The molecule has 1 amide bonds. The molecule has 0 aromatic heterocycles. The number of hydrogen-bond acceptors (Lipinski definition) is 4. The molecular formula is C21H29N3O3. The topological polar surface area (TPSA) is 75.5 Å². The molecule has 0 aliphatic heterocycles. The lowest BCUT2D eigenvalue weighted by Crippen LogP contribution is -2.55. The Balaban J connectivity index is 1.57. The van der Waals surface area contributed by atoms with Gasteiger partial charge in [-0.3, -0.25) is 14.9 Å². The fraction of sp³-hybridized carbons (Fsp3) is 0.667. The van der Waals surface area contributed by atoms with Crippen molar-refractivity contribution in [1.82, 2.24) is 5.32 Å². The maximum atomic E-state index is 13.1. The van der Waals surface area contributed by atoms with E-state index in [2.05, 4.69) is 12.2 Å². The Labute approximate surface area is 160 Å². The van der Waals surface area contributed by atoms with Crippen LogP contribution in [-0.4, -0.2) is 31.0 Å². The lowest BCUT2D eigenvalue weighted by Gasteiger charge is -2.59. The van der Waals surface area contributed by atoms with Gasteiger partial charge in [-0.2, -0.15) is 0 Å². The van der Waals surface area contributed by atoms with Gasteiger partial charge in [-0.25, -0.2) is 0 Å². The predicted octanol–water partition coefficient (Wildman–Crippen LogP) is 4.00. The number of benzene rings is 1. The van der Waals surface area contributed by atoms with Crippen LogP contribution >= 0.6 is 0 Å². The van der Waals surface area contributed by atoms with E-state index in [4.69, 9.17) is 0 Å². The van der Waals surface area contributed by atoms with Crippen LogP contribution in [0.5, 0.6) is 0 Å². The van der Waals surface area contributed by atoms with Crippen LogP contribution in [0.4, 0.5) is 11.4 Å². The molecule has 6 nitrogen and oxygen atoms in total. The van der Waals surface area contributed by atoms with E-state index in [1.165, 1.54) is 50.7 Å². The van der Waals surface area contributed by atoms with Gasteiger partial charge in [0.25, 0.3) is 11.6 Å². The van der Waals surface area contributed by atoms with E-state index in [9.17, 15) is 14.9 Å². The number of nitro benzene ring substituents is 1. The highest BCUT2D eigenvalue weighted by Gasteiger charge is 2.53. The van der Waals surface area contributed by atoms with E-state index in [1.807, 2.05) is 19.0 Å². The Morgan fingerprint density at radius 3 is 2.22 bits per heavy atom. The number of amides is 1. The van der Waals surface area contributed by atoms with Crippen LogP contribution in [0.3, 0.4) is 0 Å². The van der Waals surface area contributed by atoms with Gasteiger partial charge >= 0.3 is 0 Å². The van der Waals surface area contributed by atoms with Crippen molar-refractivity contribution in [2.45, 2.75) is 51.5 Å². The van der Waals surface area contributed by atoms with Gasteiger partial charge in [-0.15, -0.1) is 0 Å². The van der Waals surface area contributed by atoms with Gasteiger partial charge in [0.2, 0.25) is 0 Å². The third-order valence-electron chi connectivity index (χ3n) is 7.27. The Bertz CT molecular complexity index is 739. The summed E-state index contributed by atoms with van der Waals surface area (Å²) in [7, 11) is 3.70. The van der Waals surface area contributed by atoms with E-state index in [0.717, 1.165) is 17.8 Å². The third-order valence-corrected chi connectivity index (χ3v) is 7.27. The summed E-state index contributed by atoms with van der Waals surface area (Å²) in [5.41, 5.74) is 1.25. The SMILES string of the molecule is C[C@@H](NC(=O)c1cc([N+](=O)[O-])ccc1N(C)C)C12CC3CC(CC(C3)C1)C2. The minimum Gasteiger partial charge on any atom is -0.377 e. The molecule has 1 N–H and O–H groups in total. The van der Waals surface area contributed by atoms with Gasteiger partial charge < -0.3 is 10.2 Å². The predicted molar refractivity (Wildman–Crippen MR) is 105 cm³/mol. The zero-order valence-corrected chi connectivity index (χ0v) is 16.4. The maximum Gasteiger partial charge on any atom is 0.270 e. The monoisotopic (exact) mass is 371 g/mol. The number of nitrogens with zero attached hydrogens (tertiary/aromatic N) is 2. The average molecular weight is 371 g/mol. The van der Waals surface area contributed by atoms with Crippen molar-refractivity contribution in [3.05, 3.63) is 33.9 Å². The van der Waals surface area contributed by atoms with E-state index < -0.39 is 4.92 Å². The molecule has 4 fully saturated rings. The van der Waals surface area contributed by atoms with E-state index in [1.54, 1.807) is 6.07 Å². The lowest BCUT2D eigenvalue weighted by molar-refractivity contribution is -0.384. The van der Waals surface area contributed by atoms with Crippen LogP contribution < -0.4 is 10.2 Å². The molecule has 0 saturated heterocycles. The smallest absolute Gasteiger partial charge is 0.270 e. The highest BCUT2D eigenvalue weighted by atomic mass is 16.6. The van der Waals surface area contributed by atoms with Gasteiger partial charge in [0, 0.05) is 38.0 Å². The summed E-state index contributed by atoms with van der Waals surface area (Å²) < 4.78 is 0. The minimum atomic E-state index is -0.446. The van der Waals surface area contributed by atoms with Crippen molar-refractivity contribution in [2.24, 2.45) is 23.2 Å². The Morgan fingerprint density at radius 1 is 1.19 bits per heavy atom. The van der Waals surface area contributed by atoms with Gasteiger partial charge in [0.1, 0.15) is 0 Å². The molecule has 5 rings (SSSR count). The largest absolute Gasteiger partial charge is 0.377 e. The molecule has 1 atom stereocenters. The molecule has 1 aromatic carbocycles. The van der Waals surface area contributed by atoms with Crippen LogP contribution in [0.1, 0.15) is 55.8 Å². The molecule has 146 valence electrons. The highest BCUT2D eigenvalue weighted by molar-refractivity contribution is 6.00. The number of rotatable bonds is 5. The second-order valence-corrected chi connectivity index (χ2v) is 9.33. The van der Waals surface area contributed by atoms with Crippen molar-refractivity contribution in [3.63, 3.8) is 0 Å². The van der Waals surface area contributed by atoms with Crippen molar-refractivity contribution in [3.8, 4) is 0 Å². The van der Waals surface area contributed by atoms with Crippen LogP contribution in [0, 0.1) is 33.3 Å². The number of nitro groups is 1. The first kappa shape index (κ1) is 18.3. The summed E-state index contributed by atoms with van der Waals surface area (Å²) >= 11 is 0. The van der Waals surface area contributed by atoms with Crippen LogP contribution in [0.2, 0.25) is 0 Å². The van der Waals surface area contributed by atoms with Gasteiger partial charge in [-0.05, 0) is 74.7 Å². The standard InChI is InChI=1S/C21H29N3O3/c1-13(21-10-14-6-15(11-21)8-16(7-14)12-21)22-20(25)18-9-17(24(26)27)4-5-19(18)23(2)3/h4-5,9,13-16H,6-8,10-12H2,1-3H3,(H,22,25)/t13-,14?,15?,16?,21?/m1/s1. The summed E-state index contributed by atoms with van der Waals surface area (Å²) in [6.45, 7) is 2.14. The fourth-order valence-corrected chi connectivity index (χ4v) is 6.34. The van der Waals surface area contributed by atoms with E-state index >= 15 is 0 Å². The number of anilines is 1. The number of nitrogens with one attached hydrogen (secondary N) is 1. The van der Waals surface area contributed by atoms with E-state index in [0.29, 0.717) is 11.3 Å². The molecule has 0 spiro atoms. The first-order chi connectivity index (χ1) is 12.8. The van der Waals surface area contributed by atoms with Gasteiger partial charge in [0.05, 0.1) is 10.5 Å². The lowest BCUT2D eigenvalue weighted by atomic mass is 9.48. The maximum absolute atomic E-state index is 13.1. The quantitative estimate of drug-likeness (QED) is 0.627. The number of hydrogen-bond donors (Lipinski definition) is 1. The Morgan fingerprint density at radius 2 is 1.74 bits per heavy atom. The summed E-state index contributed by atoms with van der Waals surface area (Å²) in [6, 6.07) is 4.60. The second-order valence-electron chi connectivity index (χ2n) is 9.33. The molecule has 4 bridgehead atoms. The van der Waals surface area contributed by atoms with E-state index in [-0.39, 0.29) is 23.1 Å². The second kappa shape index (κ2) is 6.50. The van der Waals surface area contributed by atoms with Crippen molar-refractivity contribution in [1.29, 1.82) is 0 Å². The molecule has 6 heteroatoms. The zero-order chi connectivity index (χ0) is 19.3. The molecular weight excluding hydrogens is 342 g/mol. The third kappa shape index (κ3) is 3.19.